The second-order valence-electron chi connectivity index (χ2n) is 9.04. The van der Waals surface area contributed by atoms with Crippen LogP contribution in [0, 0.1) is 17.7 Å². The number of benzene rings is 1. The van der Waals surface area contributed by atoms with Gasteiger partial charge in [-0.25, -0.2) is 13.6 Å². The molecule has 6 nitrogen and oxygen atoms in total. The van der Waals surface area contributed by atoms with Crippen LogP contribution < -0.4 is 4.74 Å². The van der Waals surface area contributed by atoms with Crippen LogP contribution in [-0.2, 0) is 4.79 Å². The van der Waals surface area contributed by atoms with E-state index in [0.29, 0.717) is 64.8 Å². The van der Waals surface area contributed by atoms with Gasteiger partial charge in [0.05, 0.1) is 13.2 Å². The Morgan fingerprint density at radius 3 is 2.44 bits per heavy atom. The molecule has 2 atom stereocenters. The first-order valence-corrected chi connectivity index (χ1v) is 11.4. The van der Waals surface area contributed by atoms with Crippen LogP contribution in [-0.4, -0.2) is 65.9 Å². The molecular weight excluding hydrogens is 418 g/mol. The van der Waals surface area contributed by atoms with Crippen LogP contribution in [0.3, 0.4) is 0 Å². The Morgan fingerprint density at radius 2 is 1.84 bits per heavy atom. The van der Waals surface area contributed by atoms with Crippen LogP contribution in [0.4, 0.5) is 13.6 Å². The second-order valence-corrected chi connectivity index (χ2v) is 9.04. The zero-order valence-corrected chi connectivity index (χ0v) is 18.1. The summed E-state index contributed by atoms with van der Waals surface area (Å²) in [5.74, 6) is -0.0959. The largest absolute Gasteiger partial charge is 0.490 e. The van der Waals surface area contributed by atoms with Crippen LogP contribution in [0.25, 0.3) is 5.57 Å². The molecule has 2 aliphatic heterocycles. The van der Waals surface area contributed by atoms with E-state index >= 15 is 0 Å². The van der Waals surface area contributed by atoms with Gasteiger partial charge in [0, 0.05) is 25.6 Å². The molecule has 0 spiro atoms. The summed E-state index contributed by atoms with van der Waals surface area (Å²) < 4.78 is 33.7. The van der Waals surface area contributed by atoms with E-state index in [2.05, 4.69) is 0 Å². The summed E-state index contributed by atoms with van der Waals surface area (Å²) in [7, 11) is 0. The number of nitrogens with zero attached hydrogens (tertiary/aromatic N) is 2. The first-order chi connectivity index (χ1) is 15.4. The molecule has 2 heterocycles. The van der Waals surface area contributed by atoms with Crippen molar-refractivity contribution < 1.29 is 28.2 Å². The molecule has 0 saturated carbocycles. The van der Waals surface area contributed by atoms with Crippen molar-refractivity contribution in [3.8, 4) is 5.75 Å². The molecule has 2 saturated heterocycles. The number of piperidine rings is 1. The lowest BCUT2D eigenvalue weighted by Gasteiger charge is -2.29. The van der Waals surface area contributed by atoms with Crippen molar-refractivity contribution in [2.45, 2.75) is 44.7 Å². The number of hydrogen-bond acceptors (Lipinski definition) is 3. The molecule has 0 radical (unpaired) electrons. The Balaban J connectivity index is 1.29. The van der Waals surface area contributed by atoms with Gasteiger partial charge < -0.3 is 19.6 Å². The SMILES string of the molecule is O=C(O)N1CCC(COc2ccc(C3=CCC(C(=O)N4CC[C@H](F)C4)CC3)cc2F)CC1. The van der Waals surface area contributed by atoms with Crippen LogP contribution in [0.5, 0.6) is 5.75 Å². The molecule has 4 rings (SSSR count). The van der Waals surface area contributed by atoms with Gasteiger partial charge >= 0.3 is 6.09 Å². The maximum absolute atomic E-state index is 14.6. The van der Waals surface area contributed by atoms with Crippen molar-refractivity contribution in [3.63, 3.8) is 0 Å². The maximum atomic E-state index is 14.6. The lowest BCUT2D eigenvalue weighted by Crippen LogP contribution is -2.38. The summed E-state index contributed by atoms with van der Waals surface area (Å²) >= 11 is 0. The van der Waals surface area contributed by atoms with E-state index in [-0.39, 0.29) is 30.0 Å². The summed E-state index contributed by atoms with van der Waals surface area (Å²) in [6.07, 6.45) is 4.01. The number of hydrogen-bond donors (Lipinski definition) is 1. The Bertz CT molecular complexity index is 883. The highest BCUT2D eigenvalue weighted by atomic mass is 19.1. The molecule has 2 amide bonds. The Hall–Kier alpha value is -2.64. The lowest BCUT2D eigenvalue weighted by atomic mass is 9.86. The predicted molar refractivity (Wildman–Crippen MR) is 116 cm³/mol. The zero-order valence-electron chi connectivity index (χ0n) is 18.1. The summed E-state index contributed by atoms with van der Waals surface area (Å²) in [6, 6.07) is 4.96. The average molecular weight is 449 g/mol. The van der Waals surface area contributed by atoms with Crippen LogP contribution in [0.15, 0.2) is 24.3 Å². The van der Waals surface area contributed by atoms with E-state index in [1.807, 2.05) is 12.1 Å². The molecule has 3 aliphatic rings. The smallest absolute Gasteiger partial charge is 0.407 e. The average Bonchev–Trinajstić information content (AvgIpc) is 3.24. The molecule has 0 aromatic heterocycles. The summed E-state index contributed by atoms with van der Waals surface area (Å²) in [5.41, 5.74) is 1.81. The molecule has 174 valence electrons. The van der Waals surface area contributed by atoms with Crippen molar-refractivity contribution in [2.24, 2.45) is 11.8 Å². The normalized spacial score (nSPS) is 24.4. The van der Waals surface area contributed by atoms with E-state index in [4.69, 9.17) is 9.84 Å². The van der Waals surface area contributed by atoms with Crippen molar-refractivity contribution in [1.82, 2.24) is 9.80 Å². The first kappa shape index (κ1) is 22.6. The predicted octanol–water partition coefficient (Wildman–Crippen LogP) is 4.35. The molecule has 1 aromatic rings. The fourth-order valence-corrected chi connectivity index (χ4v) is 4.81. The van der Waals surface area contributed by atoms with Crippen molar-refractivity contribution in [1.29, 1.82) is 0 Å². The van der Waals surface area contributed by atoms with Crippen molar-refractivity contribution >= 4 is 17.6 Å². The summed E-state index contributed by atoms with van der Waals surface area (Å²) in [5, 5.41) is 9.01. The molecule has 0 bridgehead atoms. The molecule has 2 fully saturated rings. The van der Waals surface area contributed by atoms with Gasteiger partial charge in [-0.15, -0.1) is 0 Å². The molecule has 1 aromatic carbocycles. The number of carbonyl (C=O) groups is 2. The molecule has 1 aliphatic carbocycles. The number of amides is 2. The first-order valence-electron chi connectivity index (χ1n) is 11.4. The fourth-order valence-electron chi connectivity index (χ4n) is 4.81. The van der Waals surface area contributed by atoms with E-state index < -0.39 is 18.1 Å². The number of allylic oxidation sites excluding steroid dienone is 2. The quantitative estimate of drug-likeness (QED) is 0.727. The van der Waals surface area contributed by atoms with Gasteiger partial charge in [-0.1, -0.05) is 12.1 Å². The third-order valence-electron chi connectivity index (χ3n) is 6.86. The summed E-state index contributed by atoms with van der Waals surface area (Å²) in [6.45, 7) is 2.03. The highest BCUT2D eigenvalue weighted by Crippen LogP contribution is 2.34. The highest BCUT2D eigenvalue weighted by Gasteiger charge is 2.31. The minimum Gasteiger partial charge on any atom is -0.490 e. The van der Waals surface area contributed by atoms with Crippen molar-refractivity contribution in [2.75, 3.05) is 32.8 Å². The van der Waals surface area contributed by atoms with Gasteiger partial charge in [-0.3, -0.25) is 4.79 Å². The standard InChI is InChI=1S/C24H30F2N2O4/c25-20-9-12-28(14-20)23(29)18-3-1-17(2-4-18)19-5-6-22(21(26)13-19)32-15-16-7-10-27(11-8-16)24(30)31/h1,5-6,13,16,18,20H,2-4,7-12,14-15H2,(H,30,31)/t18?,20-/m0/s1. The molecule has 1 unspecified atom stereocenters. The summed E-state index contributed by atoms with van der Waals surface area (Å²) in [4.78, 5) is 26.6. The van der Waals surface area contributed by atoms with Crippen LogP contribution >= 0.6 is 0 Å². The maximum Gasteiger partial charge on any atom is 0.407 e. The van der Waals surface area contributed by atoms with Crippen molar-refractivity contribution in [3.05, 3.63) is 35.7 Å². The molecule has 1 N–H and O–H groups in total. The van der Waals surface area contributed by atoms with E-state index in [0.717, 1.165) is 11.1 Å². The Kier molecular flexibility index (Phi) is 6.96. The number of alkyl halides is 1. The van der Waals surface area contributed by atoms with Gasteiger partial charge in [-0.2, -0.15) is 0 Å². The Labute approximate surface area is 186 Å². The minimum absolute atomic E-state index is 0.0320. The third-order valence-corrected chi connectivity index (χ3v) is 6.86. The number of carbonyl (C=O) groups excluding carboxylic acids is 1. The lowest BCUT2D eigenvalue weighted by molar-refractivity contribution is -0.134. The Morgan fingerprint density at radius 1 is 1.09 bits per heavy atom. The molecule has 32 heavy (non-hydrogen) atoms. The highest BCUT2D eigenvalue weighted by molar-refractivity contribution is 5.81. The van der Waals surface area contributed by atoms with Crippen LogP contribution in [0.2, 0.25) is 0 Å². The van der Waals surface area contributed by atoms with Gasteiger partial charge in [0.1, 0.15) is 6.17 Å². The van der Waals surface area contributed by atoms with Gasteiger partial charge in [0.25, 0.3) is 0 Å². The number of carboxylic acid groups (broad SMARTS) is 1. The van der Waals surface area contributed by atoms with Gasteiger partial charge in [0.15, 0.2) is 11.6 Å². The second kappa shape index (κ2) is 9.88. The topological polar surface area (TPSA) is 70.1 Å². The zero-order chi connectivity index (χ0) is 22.7. The van der Waals surface area contributed by atoms with E-state index in [1.165, 1.54) is 11.0 Å². The monoisotopic (exact) mass is 448 g/mol. The number of rotatable bonds is 5. The number of ether oxygens (including phenoxy) is 1. The van der Waals surface area contributed by atoms with Crippen LogP contribution in [0.1, 0.15) is 44.1 Å². The van der Waals surface area contributed by atoms with E-state index in [9.17, 15) is 18.4 Å². The fraction of sp³-hybridized carbons (Fsp3) is 0.583. The molecule has 8 heteroatoms. The third kappa shape index (κ3) is 5.22. The number of likely N-dealkylation sites (tertiary alicyclic amines) is 2. The van der Waals surface area contributed by atoms with Gasteiger partial charge in [0.2, 0.25) is 5.91 Å². The number of halogens is 2. The van der Waals surface area contributed by atoms with E-state index in [1.54, 1.807) is 11.0 Å². The van der Waals surface area contributed by atoms with Gasteiger partial charge in [-0.05, 0) is 67.7 Å². The minimum atomic E-state index is -0.907. The molecular formula is C24H30F2N2O4.